The second-order valence-electron chi connectivity index (χ2n) is 4.06. The third kappa shape index (κ3) is 5.41. The lowest BCUT2D eigenvalue weighted by Crippen LogP contribution is -2.29. The van der Waals surface area contributed by atoms with E-state index in [4.69, 9.17) is 11.6 Å². The zero-order chi connectivity index (χ0) is 13.2. The molecule has 1 N–H and O–H groups in total. The number of hydrogen-bond donors (Lipinski definition) is 1. The van der Waals surface area contributed by atoms with Gasteiger partial charge < -0.3 is 10.2 Å². The summed E-state index contributed by atoms with van der Waals surface area (Å²) in [6, 6.07) is 10.3. The first-order chi connectivity index (χ1) is 8.77. The van der Waals surface area contributed by atoms with Crippen molar-refractivity contribution in [3.8, 4) is 0 Å². The molecule has 100 valence electrons. The molecule has 0 unspecified atom stereocenters. The number of nitrogens with one attached hydrogen (secondary N) is 1. The fraction of sp³-hybridized carbons (Fsp3) is 0.500. The predicted octanol–water partition coefficient (Wildman–Crippen LogP) is 2.65. The van der Waals surface area contributed by atoms with Crippen LogP contribution in [0.15, 0.2) is 30.3 Å². The molecule has 0 atom stereocenters. The lowest BCUT2D eigenvalue weighted by molar-refractivity contribution is -0.120. The first kappa shape index (κ1) is 14.8. The van der Waals surface area contributed by atoms with E-state index in [1.54, 1.807) is 0 Å². The number of rotatable bonds is 8. The summed E-state index contributed by atoms with van der Waals surface area (Å²) < 4.78 is 0. The maximum absolute atomic E-state index is 11.2. The van der Waals surface area contributed by atoms with Gasteiger partial charge in [0.2, 0.25) is 5.91 Å². The highest BCUT2D eigenvalue weighted by Crippen LogP contribution is 2.12. The fourth-order valence-corrected chi connectivity index (χ4v) is 1.95. The molecule has 1 aromatic carbocycles. The van der Waals surface area contributed by atoms with E-state index in [0.29, 0.717) is 18.8 Å². The van der Waals surface area contributed by atoms with Crippen molar-refractivity contribution in [1.82, 2.24) is 5.32 Å². The van der Waals surface area contributed by atoms with Crippen LogP contribution in [0.3, 0.4) is 0 Å². The van der Waals surface area contributed by atoms with Crippen LogP contribution in [0.25, 0.3) is 0 Å². The van der Waals surface area contributed by atoms with Crippen LogP contribution in [-0.2, 0) is 4.79 Å². The van der Waals surface area contributed by atoms with E-state index in [9.17, 15) is 4.79 Å². The molecule has 0 aliphatic heterocycles. The van der Waals surface area contributed by atoms with Gasteiger partial charge in [0.15, 0.2) is 0 Å². The first-order valence-electron chi connectivity index (χ1n) is 6.40. The van der Waals surface area contributed by atoms with Gasteiger partial charge in [-0.3, -0.25) is 4.79 Å². The Hall–Kier alpha value is -1.22. The van der Waals surface area contributed by atoms with E-state index in [1.165, 1.54) is 5.69 Å². The number of alkyl halides is 1. The van der Waals surface area contributed by atoms with Crippen molar-refractivity contribution >= 4 is 23.2 Å². The highest BCUT2D eigenvalue weighted by atomic mass is 35.5. The Bertz CT molecular complexity index is 343. The summed E-state index contributed by atoms with van der Waals surface area (Å²) >= 11 is 5.49. The van der Waals surface area contributed by atoms with Crippen LogP contribution in [0.1, 0.15) is 19.8 Å². The second kappa shape index (κ2) is 8.81. The molecule has 0 saturated heterocycles. The van der Waals surface area contributed by atoms with Gasteiger partial charge in [-0.15, -0.1) is 11.6 Å². The summed E-state index contributed by atoms with van der Waals surface area (Å²) in [6.45, 7) is 4.76. The summed E-state index contributed by atoms with van der Waals surface area (Å²) in [5, 5.41) is 2.86. The largest absolute Gasteiger partial charge is 0.372 e. The fourth-order valence-electron chi connectivity index (χ4n) is 1.78. The zero-order valence-electron chi connectivity index (χ0n) is 10.9. The smallest absolute Gasteiger partial charge is 0.221 e. The van der Waals surface area contributed by atoms with Crippen molar-refractivity contribution in [3.05, 3.63) is 30.3 Å². The normalized spacial score (nSPS) is 10.1. The molecule has 0 spiro atoms. The van der Waals surface area contributed by atoms with E-state index < -0.39 is 0 Å². The van der Waals surface area contributed by atoms with Crippen molar-refractivity contribution in [3.63, 3.8) is 0 Å². The molecule has 0 bridgehead atoms. The molecule has 1 amide bonds. The van der Waals surface area contributed by atoms with Gasteiger partial charge >= 0.3 is 0 Å². The number of halogens is 1. The summed E-state index contributed by atoms with van der Waals surface area (Å²) in [5.74, 6) is 0.421. The van der Waals surface area contributed by atoms with E-state index >= 15 is 0 Å². The molecular formula is C14H21ClN2O. The summed E-state index contributed by atoms with van der Waals surface area (Å²) in [5.41, 5.74) is 1.23. The molecule has 0 aliphatic rings. The van der Waals surface area contributed by atoms with Gasteiger partial charge in [0.1, 0.15) is 0 Å². The van der Waals surface area contributed by atoms with Crippen molar-refractivity contribution in [1.29, 1.82) is 0 Å². The molecule has 4 heteroatoms. The quantitative estimate of drug-likeness (QED) is 0.581. The van der Waals surface area contributed by atoms with Crippen molar-refractivity contribution < 1.29 is 4.79 Å². The molecular weight excluding hydrogens is 248 g/mol. The van der Waals surface area contributed by atoms with E-state index in [1.807, 2.05) is 18.2 Å². The topological polar surface area (TPSA) is 32.3 Å². The Morgan fingerprint density at radius 1 is 1.33 bits per heavy atom. The molecule has 18 heavy (non-hydrogen) atoms. The number of benzene rings is 1. The first-order valence-corrected chi connectivity index (χ1v) is 6.94. The van der Waals surface area contributed by atoms with Gasteiger partial charge in [-0.1, -0.05) is 18.2 Å². The summed E-state index contributed by atoms with van der Waals surface area (Å²) in [4.78, 5) is 13.5. The van der Waals surface area contributed by atoms with Gasteiger partial charge in [-0.25, -0.2) is 0 Å². The average Bonchev–Trinajstić information content (AvgIpc) is 2.40. The minimum Gasteiger partial charge on any atom is -0.372 e. The standard InChI is InChI=1S/C14H21ClN2O/c1-2-17(13-7-4-3-5-8-13)12-6-11-16-14(18)9-10-15/h3-5,7-8H,2,6,9-12H2,1H3,(H,16,18). The molecule has 0 aromatic heterocycles. The Morgan fingerprint density at radius 2 is 2.06 bits per heavy atom. The summed E-state index contributed by atoms with van der Waals surface area (Å²) in [6.07, 6.45) is 1.34. The Labute approximate surface area is 114 Å². The molecule has 0 heterocycles. The number of amides is 1. The van der Waals surface area contributed by atoms with Gasteiger partial charge in [-0.05, 0) is 25.5 Å². The molecule has 0 radical (unpaired) electrons. The molecule has 0 saturated carbocycles. The highest BCUT2D eigenvalue weighted by molar-refractivity contribution is 6.18. The van der Waals surface area contributed by atoms with E-state index in [-0.39, 0.29) is 5.91 Å². The number of anilines is 1. The Kier molecular flexibility index (Phi) is 7.26. The van der Waals surface area contributed by atoms with Crippen LogP contribution in [0.5, 0.6) is 0 Å². The van der Waals surface area contributed by atoms with Crippen LogP contribution < -0.4 is 10.2 Å². The van der Waals surface area contributed by atoms with Crippen molar-refractivity contribution in [2.24, 2.45) is 0 Å². The lowest BCUT2D eigenvalue weighted by atomic mass is 10.2. The van der Waals surface area contributed by atoms with Crippen LogP contribution in [0.2, 0.25) is 0 Å². The van der Waals surface area contributed by atoms with E-state index in [2.05, 4.69) is 29.3 Å². The van der Waals surface area contributed by atoms with Crippen LogP contribution in [0.4, 0.5) is 5.69 Å². The number of carbonyl (C=O) groups is 1. The maximum atomic E-state index is 11.2. The number of para-hydroxylation sites is 1. The maximum Gasteiger partial charge on any atom is 0.221 e. The highest BCUT2D eigenvalue weighted by Gasteiger charge is 2.03. The second-order valence-corrected chi connectivity index (χ2v) is 4.44. The average molecular weight is 269 g/mol. The summed E-state index contributed by atoms with van der Waals surface area (Å²) in [7, 11) is 0. The number of nitrogens with zero attached hydrogens (tertiary/aromatic N) is 1. The number of hydrogen-bond acceptors (Lipinski definition) is 2. The molecule has 1 aromatic rings. The van der Waals surface area contributed by atoms with Gasteiger partial charge in [-0.2, -0.15) is 0 Å². The van der Waals surface area contributed by atoms with Gasteiger partial charge in [0, 0.05) is 37.6 Å². The molecule has 0 fully saturated rings. The third-order valence-electron chi connectivity index (χ3n) is 2.75. The number of carbonyl (C=O) groups excluding carboxylic acids is 1. The zero-order valence-corrected chi connectivity index (χ0v) is 11.6. The molecule has 3 nitrogen and oxygen atoms in total. The Balaban J connectivity index is 2.26. The minimum atomic E-state index is 0.0350. The molecule has 0 aliphatic carbocycles. The lowest BCUT2D eigenvalue weighted by Gasteiger charge is -2.23. The van der Waals surface area contributed by atoms with Crippen LogP contribution in [0, 0.1) is 0 Å². The monoisotopic (exact) mass is 268 g/mol. The van der Waals surface area contributed by atoms with Gasteiger partial charge in [0.05, 0.1) is 0 Å². The van der Waals surface area contributed by atoms with Gasteiger partial charge in [0.25, 0.3) is 0 Å². The van der Waals surface area contributed by atoms with Crippen molar-refractivity contribution in [2.45, 2.75) is 19.8 Å². The predicted molar refractivity (Wildman–Crippen MR) is 77.3 cm³/mol. The Morgan fingerprint density at radius 3 is 2.67 bits per heavy atom. The van der Waals surface area contributed by atoms with Crippen molar-refractivity contribution in [2.75, 3.05) is 30.4 Å². The van der Waals surface area contributed by atoms with E-state index in [0.717, 1.165) is 19.5 Å². The minimum absolute atomic E-state index is 0.0350. The molecule has 1 rings (SSSR count). The van der Waals surface area contributed by atoms with Crippen LogP contribution in [-0.4, -0.2) is 31.4 Å². The third-order valence-corrected chi connectivity index (χ3v) is 2.94. The SMILES string of the molecule is CCN(CCCNC(=O)CCCl)c1ccccc1. The van der Waals surface area contributed by atoms with Crippen LogP contribution >= 0.6 is 11.6 Å².